The Labute approximate surface area is 133 Å². The van der Waals surface area contributed by atoms with Crippen LogP contribution in [0.25, 0.3) is 0 Å². The van der Waals surface area contributed by atoms with Crippen molar-refractivity contribution in [1.29, 1.82) is 0 Å². The number of piperazine rings is 1. The maximum atomic E-state index is 5.93. The maximum Gasteiger partial charge on any atom is 0.124 e. The van der Waals surface area contributed by atoms with Gasteiger partial charge in [0.15, 0.2) is 0 Å². The topological polar surface area (TPSA) is 33.7 Å². The molecule has 4 heteroatoms. The van der Waals surface area contributed by atoms with Gasteiger partial charge in [0.1, 0.15) is 5.75 Å². The van der Waals surface area contributed by atoms with E-state index < -0.39 is 0 Å². The van der Waals surface area contributed by atoms with Gasteiger partial charge in [-0.25, -0.2) is 0 Å². The molecule has 1 aromatic carbocycles. The summed E-state index contributed by atoms with van der Waals surface area (Å²) in [6, 6.07) is 9.05. The van der Waals surface area contributed by atoms with E-state index in [4.69, 9.17) is 9.47 Å². The molecule has 0 unspecified atom stereocenters. The molecule has 4 nitrogen and oxygen atoms in total. The van der Waals surface area contributed by atoms with Gasteiger partial charge < -0.3 is 14.8 Å². The highest BCUT2D eigenvalue weighted by Crippen LogP contribution is 2.39. The number of nitrogens with zero attached hydrogens (tertiary/aromatic N) is 1. The lowest BCUT2D eigenvalue weighted by atomic mass is 9.85. The number of hydrogen-bond acceptors (Lipinski definition) is 4. The van der Waals surface area contributed by atoms with Crippen LogP contribution in [-0.4, -0.2) is 50.9 Å². The molecule has 2 aliphatic heterocycles. The fourth-order valence-corrected chi connectivity index (χ4v) is 3.75. The quantitative estimate of drug-likeness (QED) is 0.906. The summed E-state index contributed by atoms with van der Waals surface area (Å²) < 4.78 is 11.5. The molecule has 1 N–H and O–H groups in total. The van der Waals surface area contributed by atoms with Gasteiger partial charge in [-0.15, -0.1) is 0 Å². The molecular weight excluding hydrogens is 276 g/mol. The normalized spacial score (nSPS) is 22.4. The zero-order chi connectivity index (χ0) is 15.2. The highest BCUT2D eigenvalue weighted by molar-refractivity contribution is 5.36. The first kappa shape index (κ1) is 15.8. The van der Waals surface area contributed by atoms with Crippen LogP contribution in [0.4, 0.5) is 0 Å². The third-order valence-electron chi connectivity index (χ3n) is 4.79. The number of hydrogen-bond donors (Lipinski definition) is 1. The second kappa shape index (κ2) is 7.95. The molecular formula is C18H28N2O2. The summed E-state index contributed by atoms with van der Waals surface area (Å²) in [7, 11) is 0. The first-order valence-electron chi connectivity index (χ1n) is 8.64. The van der Waals surface area contributed by atoms with Gasteiger partial charge in [0.25, 0.3) is 0 Å². The lowest BCUT2D eigenvalue weighted by molar-refractivity contribution is 0.0205. The molecule has 0 aliphatic carbocycles. The summed E-state index contributed by atoms with van der Waals surface area (Å²) in [5.74, 6) is 1.72. The van der Waals surface area contributed by atoms with Crippen LogP contribution in [0, 0.1) is 5.92 Å². The molecule has 0 saturated carbocycles. The Balaban J connectivity index is 1.89. The van der Waals surface area contributed by atoms with Gasteiger partial charge in [0.05, 0.1) is 6.61 Å². The zero-order valence-electron chi connectivity index (χ0n) is 13.6. The maximum absolute atomic E-state index is 5.93. The molecule has 0 bridgehead atoms. The second-order valence-electron chi connectivity index (χ2n) is 6.15. The van der Waals surface area contributed by atoms with Crippen LogP contribution >= 0.6 is 0 Å². The zero-order valence-corrected chi connectivity index (χ0v) is 13.6. The fourth-order valence-electron chi connectivity index (χ4n) is 3.75. The van der Waals surface area contributed by atoms with Crippen LogP contribution in [0.15, 0.2) is 24.3 Å². The molecule has 0 aromatic heterocycles. The van der Waals surface area contributed by atoms with E-state index in [1.807, 2.05) is 0 Å². The van der Waals surface area contributed by atoms with Gasteiger partial charge in [-0.3, -0.25) is 4.90 Å². The lowest BCUT2D eigenvalue weighted by Gasteiger charge is -2.41. The Hall–Kier alpha value is -1.10. The predicted octanol–water partition coefficient (Wildman–Crippen LogP) is 2.46. The van der Waals surface area contributed by atoms with Crippen LogP contribution in [0.5, 0.6) is 5.75 Å². The minimum absolute atomic E-state index is 0.453. The van der Waals surface area contributed by atoms with Crippen molar-refractivity contribution in [2.24, 2.45) is 5.92 Å². The molecule has 1 atom stereocenters. The van der Waals surface area contributed by atoms with Crippen molar-refractivity contribution in [3.05, 3.63) is 29.8 Å². The Kier molecular flexibility index (Phi) is 5.70. The second-order valence-corrected chi connectivity index (χ2v) is 6.15. The summed E-state index contributed by atoms with van der Waals surface area (Å²) in [4.78, 5) is 2.64. The van der Waals surface area contributed by atoms with Crippen LogP contribution in [0.3, 0.4) is 0 Å². The standard InChI is InChI=1S/C18H28N2O2/c1-2-22-17-6-4-3-5-16(17)18(15-7-13-21-14-8-15)20-11-9-19-10-12-20/h3-6,15,18-19H,2,7-14H2,1H3/t18-/m1/s1. The third-order valence-corrected chi connectivity index (χ3v) is 4.79. The molecule has 2 saturated heterocycles. The molecule has 122 valence electrons. The van der Waals surface area contributed by atoms with E-state index in [2.05, 4.69) is 41.4 Å². The van der Waals surface area contributed by atoms with E-state index in [0.29, 0.717) is 12.0 Å². The molecule has 0 radical (unpaired) electrons. The molecule has 22 heavy (non-hydrogen) atoms. The minimum atomic E-state index is 0.453. The number of benzene rings is 1. The van der Waals surface area contributed by atoms with Crippen LogP contribution < -0.4 is 10.1 Å². The van der Waals surface area contributed by atoms with Crippen molar-refractivity contribution in [2.75, 3.05) is 46.0 Å². The molecule has 0 amide bonds. The van der Waals surface area contributed by atoms with Gasteiger partial charge in [0, 0.05) is 51.0 Å². The fraction of sp³-hybridized carbons (Fsp3) is 0.667. The number of nitrogens with one attached hydrogen (secondary N) is 1. The summed E-state index contributed by atoms with van der Waals surface area (Å²) in [6.45, 7) is 8.95. The first-order chi connectivity index (χ1) is 10.9. The van der Waals surface area contributed by atoms with Gasteiger partial charge >= 0.3 is 0 Å². The molecule has 2 fully saturated rings. The molecule has 2 aliphatic rings. The van der Waals surface area contributed by atoms with E-state index in [1.54, 1.807) is 0 Å². The summed E-state index contributed by atoms with van der Waals surface area (Å²) in [5.41, 5.74) is 1.36. The SMILES string of the molecule is CCOc1ccccc1[C@@H](C1CCOCC1)N1CCNCC1. The summed E-state index contributed by atoms with van der Waals surface area (Å²) >= 11 is 0. The number of para-hydroxylation sites is 1. The average molecular weight is 304 g/mol. The highest BCUT2D eigenvalue weighted by Gasteiger charge is 2.32. The first-order valence-corrected chi connectivity index (χ1v) is 8.64. The molecule has 3 rings (SSSR count). The minimum Gasteiger partial charge on any atom is -0.494 e. The van der Waals surface area contributed by atoms with Crippen LogP contribution in [-0.2, 0) is 4.74 Å². The van der Waals surface area contributed by atoms with Gasteiger partial charge in [-0.05, 0) is 31.7 Å². The number of rotatable bonds is 5. The van der Waals surface area contributed by atoms with Gasteiger partial charge in [-0.2, -0.15) is 0 Å². The third kappa shape index (κ3) is 3.62. The predicted molar refractivity (Wildman–Crippen MR) is 88.3 cm³/mol. The molecule has 2 heterocycles. The highest BCUT2D eigenvalue weighted by atomic mass is 16.5. The summed E-state index contributed by atoms with van der Waals surface area (Å²) in [6.07, 6.45) is 2.30. The van der Waals surface area contributed by atoms with Gasteiger partial charge in [-0.1, -0.05) is 18.2 Å². The van der Waals surface area contributed by atoms with Crippen molar-refractivity contribution in [3.8, 4) is 5.75 Å². The Morgan fingerprint density at radius 2 is 1.95 bits per heavy atom. The smallest absolute Gasteiger partial charge is 0.124 e. The largest absolute Gasteiger partial charge is 0.494 e. The van der Waals surface area contributed by atoms with Crippen LogP contribution in [0.2, 0.25) is 0 Å². The van der Waals surface area contributed by atoms with E-state index in [1.165, 1.54) is 5.56 Å². The Bertz CT molecular complexity index is 436. The van der Waals surface area contributed by atoms with Crippen molar-refractivity contribution in [1.82, 2.24) is 10.2 Å². The number of ether oxygens (including phenoxy) is 2. The van der Waals surface area contributed by atoms with Crippen molar-refractivity contribution in [3.63, 3.8) is 0 Å². The Morgan fingerprint density at radius 1 is 1.23 bits per heavy atom. The van der Waals surface area contributed by atoms with Gasteiger partial charge in [0.2, 0.25) is 0 Å². The van der Waals surface area contributed by atoms with Crippen molar-refractivity contribution in [2.45, 2.75) is 25.8 Å². The molecule has 1 aromatic rings. The van der Waals surface area contributed by atoms with E-state index >= 15 is 0 Å². The average Bonchev–Trinajstić information content (AvgIpc) is 2.59. The van der Waals surface area contributed by atoms with Crippen molar-refractivity contribution >= 4 is 0 Å². The van der Waals surface area contributed by atoms with E-state index in [-0.39, 0.29) is 0 Å². The summed E-state index contributed by atoms with van der Waals surface area (Å²) in [5, 5.41) is 3.47. The molecule has 0 spiro atoms. The lowest BCUT2D eigenvalue weighted by Crippen LogP contribution is -2.47. The van der Waals surface area contributed by atoms with Crippen molar-refractivity contribution < 1.29 is 9.47 Å². The van der Waals surface area contributed by atoms with E-state index in [0.717, 1.165) is 64.6 Å². The monoisotopic (exact) mass is 304 g/mol. The van der Waals surface area contributed by atoms with E-state index in [9.17, 15) is 0 Å². The Morgan fingerprint density at radius 3 is 2.68 bits per heavy atom. The van der Waals surface area contributed by atoms with Crippen LogP contribution in [0.1, 0.15) is 31.4 Å².